The highest BCUT2D eigenvalue weighted by Gasteiger charge is 2.25. The molecule has 1 aromatic carbocycles. The number of pyridine rings is 2. The first-order chi connectivity index (χ1) is 21.6. The molecule has 0 radical (unpaired) electrons. The lowest BCUT2D eigenvalue weighted by Gasteiger charge is -2.37. The van der Waals surface area contributed by atoms with Crippen molar-refractivity contribution in [1.82, 2.24) is 20.2 Å². The zero-order valence-corrected chi connectivity index (χ0v) is 27.5. The lowest BCUT2D eigenvalue weighted by Crippen LogP contribution is -2.40. The first-order valence-electron chi connectivity index (χ1n) is 16.5. The van der Waals surface area contributed by atoms with Crippen molar-refractivity contribution < 1.29 is 14.6 Å². The maximum absolute atomic E-state index is 13.9. The van der Waals surface area contributed by atoms with Gasteiger partial charge in [-0.05, 0) is 99.9 Å². The lowest BCUT2D eigenvalue weighted by atomic mass is 9.95. The number of rotatable bonds is 10. The van der Waals surface area contributed by atoms with Crippen LogP contribution in [0, 0.1) is 13.8 Å². The number of β-amino-alcohol motifs (C(OH)–C–C–N with tert-alkyl or cyclic N) is 1. The number of hydrogen-bond donors (Lipinski definition) is 3. The summed E-state index contributed by atoms with van der Waals surface area (Å²) in [7, 11) is 0. The van der Waals surface area contributed by atoms with E-state index in [1.165, 1.54) is 0 Å². The van der Waals surface area contributed by atoms with Crippen LogP contribution in [0.4, 0.5) is 5.69 Å². The van der Waals surface area contributed by atoms with Crippen LogP contribution in [0.2, 0.25) is 0 Å². The molecule has 0 aliphatic carbocycles. The smallest absolute Gasteiger partial charge is 0.253 e. The number of H-pyrrole nitrogens is 1. The summed E-state index contributed by atoms with van der Waals surface area (Å²) in [6.45, 7) is 14.9. The average molecular weight is 616 g/mol. The molecule has 2 fully saturated rings. The van der Waals surface area contributed by atoms with E-state index >= 15 is 0 Å². The molecule has 2 aliphatic heterocycles. The summed E-state index contributed by atoms with van der Waals surface area (Å²) < 4.78 is 5.66. The maximum Gasteiger partial charge on any atom is 0.253 e. The van der Waals surface area contributed by atoms with Crippen LogP contribution >= 0.6 is 0 Å². The van der Waals surface area contributed by atoms with E-state index in [1.54, 1.807) is 0 Å². The van der Waals surface area contributed by atoms with Gasteiger partial charge >= 0.3 is 0 Å². The molecule has 2 aromatic heterocycles. The van der Waals surface area contributed by atoms with Crippen molar-refractivity contribution in [2.45, 2.75) is 91.5 Å². The molecule has 5 rings (SSSR count). The van der Waals surface area contributed by atoms with Crippen LogP contribution in [0.3, 0.4) is 0 Å². The third-order valence-corrected chi connectivity index (χ3v) is 9.28. The fraction of sp³-hybridized carbons (Fsp3) is 0.528. The van der Waals surface area contributed by atoms with E-state index in [1.807, 2.05) is 38.2 Å². The molecule has 0 bridgehead atoms. The summed E-state index contributed by atoms with van der Waals surface area (Å²) in [6, 6.07) is 10.6. The summed E-state index contributed by atoms with van der Waals surface area (Å²) in [5, 5.41) is 13.1. The molecule has 0 saturated carbocycles. The molecule has 9 heteroatoms. The molecule has 0 spiro atoms. The largest absolute Gasteiger partial charge is 0.392 e. The number of aliphatic hydroxyl groups excluding tert-OH is 1. The van der Waals surface area contributed by atoms with E-state index in [0.29, 0.717) is 30.3 Å². The Hall–Kier alpha value is -3.53. The number of aliphatic hydroxyl groups is 1. The Labute approximate surface area is 267 Å². The Morgan fingerprint density at radius 2 is 1.93 bits per heavy atom. The Balaban J connectivity index is 1.47. The summed E-state index contributed by atoms with van der Waals surface area (Å²) in [4.78, 5) is 39.2. The topological polar surface area (TPSA) is 111 Å². The van der Waals surface area contributed by atoms with Crippen molar-refractivity contribution in [1.29, 1.82) is 0 Å². The number of piperidine rings is 1. The highest BCUT2D eigenvalue weighted by Crippen LogP contribution is 2.34. The van der Waals surface area contributed by atoms with Crippen LogP contribution in [0.1, 0.15) is 90.8 Å². The Kier molecular flexibility index (Phi) is 10.7. The quantitative estimate of drug-likeness (QED) is 0.292. The molecule has 242 valence electrons. The number of hydrogen-bond acceptors (Lipinski definition) is 7. The van der Waals surface area contributed by atoms with Gasteiger partial charge < -0.3 is 25.0 Å². The first kappa shape index (κ1) is 32.9. The molecule has 45 heavy (non-hydrogen) atoms. The van der Waals surface area contributed by atoms with Crippen molar-refractivity contribution in [2.24, 2.45) is 0 Å². The number of nitrogens with one attached hydrogen (secondary N) is 2. The standard InChI is InChI=1S/C36H49N5O4/c1-6-41(29-11-14-45-15-12-29)34-18-27(26-9-10-28(37-19-26)21-40-13-7-8-30(42)22-40)17-32(25(34)5)35(43)38-20-33-31(23(2)3)16-24(4)39-36(33)44/h9-10,16-19,23,29-30,42H,6-8,11-15,20-22H2,1-5H3,(H,38,43)(H,39,44). The van der Waals surface area contributed by atoms with Crippen LogP contribution in [-0.4, -0.2) is 70.9 Å². The van der Waals surface area contributed by atoms with E-state index in [2.05, 4.69) is 53.0 Å². The Morgan fingerprint density at radius 3 is 2.60 bits per heavy atom. The number of benzene rings is 1. The van der Waals surface area contributed by atoms with Crippen molar-refractivity contribution in [3.05, 3.63) is 80.5 Å². The summed E-state index contributed by atoms with van der Waals surface area (Å²) in [5.74, 6) is -0.0517. The molecule has 3 aromatic rings. The minimum atomic E-state index is -0.271. The van der Waals surface area contributed by atoms with Crippen LogP contribution in [0.25, 0.3) is 11.1 Å². The van der Waals surface area contributed by atoms with Gasteiger partial charge in [-0.25, -0.2) is 0 Å². The summed E-state index contributed by atoms with van der Waals surface area (Å²) in [6.07, 6.45) is 5.35. The highest BCUT2D eigenvalue weighted by molar-refractivity contribution is 5.99. The molecular weight excluding hydrogens is 566 g/mol. The minimum Gasteiger partial charge on any atom is -0.392 e. The van der Waals surface area contributed by atoms with E-state index in [0.717, 1.165) is 91.3 Å². The second-order valence-electron chi connectivity index (χ2n) is 12.9. The fourth-order valence-electron chi connectivity index (χ4n) is 6.82. The number of aryl methyl sites for hydroxylation is 1. The Bertz CT molecular complexity index is 1530. The van der Waals surface area contributed by atoms with Crippen molar-refractivity contribution in [3.63, 3.8) is 0 Å². The fourth-order valence-corrected chi connectivity index (χ4v) is 6.82. The molecule has 2 saturated heterocycles. The number of aromatic nitrogens is 2. The van der Waals surface area contributed by atoms with Gasteiger partial charge in [-0.15, -0.1) is 0 Å². The van der Waals surface area contributed by atoms with Gasteiger partial charge in [0.1, 0.15) is 0 Å². The number of aromatic amines is 1. The molecule has 2 aliphatic rings. The zero-order valence-electron chi connectivity index (χ0n) is 27.5. The molecular formula is C36H49N5O4. The molecule has 1 unspecified atom stereocenters. The number of carbonyl (C=O) groups is 1. The predicted molar refractivity (Wildman–Crippen MR) is 179 cm³/mol. The summed E-state index contributed by atoms with van der Waals surface area (Å²) in [5.41, 5.74) is 7.56. The normalized spacial score (nSPS) is 17.9. The van der Waals surface area contributed by atoms with E-state index in [4.69, 9.17) is 9.72 Å². The van der Waals surface area contributed by atoms with Crippen molar-refractivity contribution in [2.75, 3.05) is 37.7 Å². The van der Waals surface area contributed by atoms with Gasteiger partial charge in [0.2, 0.25) is 0 Å². The van der Waals surface area contributed by atoms with E-state index < -0.39 is 0 Å². The zero-order chi connectivity index (χ0) is 32.1. The molecule has 4 heterocycles. The van der Waals surface area contributed by atoms with Gasteiger partial charge in [0.05, 0.1) is 11.8 Å². The highest BCUT2D eigenvalue weighted by atomic mass is 16.5. The van der Waals surface area contributed by atoms with E-state index in [-0.39, 0.29) is 30.0 Å². The first-order valence-corrected chi connectivity index (χ1v) is 16.5. The lowest BCUT2D eigenvalue weighted by molar-refractivity contribution is 0.0662. The van der Waals surface area contributed by atoms with Gasteiger partial charge in [-0.1, -0.05) is 19.9 Å². The third kappa shape index (κ3) is 7.83. The number of likely N-dealkylation sites (tertiary alicyclic amines) is 1. The Morgan fingerprint density at radius 1 is 1.16 bits per heavy atom. The van der Waals surface area contributed by atoms with E-state index in [9.17, 15) is 14.7 Å². The van der Waals surface area contributed by atoms with Gasteiger partial charge in [0, 0.05) is 79.7 Å². The molecule has 9 nitrogen and oxygen atoms in total. The van der Waals surface area contributed by atoms with Gasteiger partial charge in [0.25, 0.3) is 11.5 Å². The minimum absolute atomic E-state index is 0.153. The molecule has 3 N–H and O–H groups in total. The monoisotopic (exact) mass is 615 g/mol. The third-order valence-electron chi connectivity index (χ3n) is 9.28. The second kappa shape index (κ2) is 14.7. The number of nitrogens with zero attached hydrogens (tertiary/aromatic N) is 3. The average Bonchev–Trinajstić information content (AvgIpc) is 3.02. The second-order valence-corrected chi connectivity index (χ2v) is 12.9. The molecule has 1 amide bonds. The number of amides is 1. The summed E-state index contributed by atoms with van der Waals surface area (Å²) >= 11 is 0. The number of carbonyl (C=O) groups excluding carboxylic acids is 1. The van der Waals surface area contributed by atoms with Gasteiger partial charge in [-0.2, -0.15) is 0 Å². The van der Waals surface area contributed by atoms with Crippen LogP contribution < -0.4 is 15.8 Å². The van der Waals surface area contributed by atoms with Crippen LogP contribution in [0.15, 0.2) is 41.3 Å². The maximum atomic E-state index is 13.9. The molecule has 1 atom stereocenters. The van der Waals surface area contributed by atoms with Crippen molar-refractivity contribution in [3.8, 4) is 11.1 Å². The number of ether oxygens (including phenoxy) is 1. The van der Waals surface area contributed by atoms with Gasteiger partial charge in [0.15, 0.2) is 0 Å². The van der Waals surface area contributed by atoms with Crippen molar-refractivity contribution >= 4 is 11.6 Å². The van der Waals surface area contributed by atoms with Crippen LogP contribution in [0.5, 0.6) is 0 Å². The predicted octanol–water partition coefficient (Wildman–Crippen LogP) is 5.07. The number of anilines is 1. The van der Waals surface area contributed by atoms with Gasteiger partial charge in [-0.3, -0.25) is 19.5 Å². The SMILES string of the molecule is CCN(c1cc(-c2ccc(CN3CCCC(O)C3)nc2)cc(C(=O)NCc2c(C(C)C)cc(C)[nH]c2=O)c1C)C1CCOCC1. The van der Waals surface area contributed by atoms with Crippen LogP contribution in [-0.2, 0) is 17.8 Å².